The third-order valence-electron chi connectivity index (χ3n) is 5.34. The first-order valence-electron chi connectivity index (χ1n) is 8.09. The van der Waals surface area contributed by atoms with Crippen LogP contribution < -0.4 is 5.73 Å². The smallest absolute Gasteiger partial charge is 0.159 e. The average Bonchev–Trinajstić information content (AvgIpc) is 3.01. The van der Waals surface area contributed by atoms with Crippen LogP contribution in [0.3, 0.4) is 0 Å². The summed E-state index contributed by atoms with van der Waals surface area (Å²) in [6.07, 6.45) is 8.19. The first kappa shape index (κ1) is 14.9. The van der Waals surface area contributed by atoms with Crippen molar-refractivity contribution in [1.29, 1.82) is 0 Å². The van der Waals surface area contributed by atoms with Gasteiger partial charge in [-0.2, -0.15) is 0 Å². The van der Waals surface area contributed by atoms with Crippen molar-refractivity contribution in [3.8, 4) is 0 Å². The molecule has 0 bridgehead atoms. The zero-order valence-electron chi connectivity index (χ0n) is 12.5. The number of nitrogens with two attached hydrogens (primary N) is 1. The number of nitrogens with zero attached hydrogens (tertiary/aromatic N) is 1. The average molecular weight is 294 g/mol. The van der Waals surface area contributed by atoms with Gasteiger partial charge in [-0.1, -0.05) is 25.3 Å². The van der Waals surface area contributed by atoms with Gasteiger partial charge in [0.2, 0.25) is 0 Å². The van der Waals surface area contributed by atoms with Gasteiger partial charge in [-0.15, -0.1) is 0 Å². The van der Waals surface area contributed by atoms with Crippen molar-refractivity contribution >= 4 is 0 Å². The predicted molar refractivity (Wildman–Crippen MR) is 79.9 cm³/mol. The highest BCUT2D eigenvalue weighted by Crippen LogP contribution is 2.44. The van der Waals surface area contributed by atoms with Crippen molar-refractivity contribution in [2.24, 2.45) is 5.73 Å². The normalized spacial score (nSPS) is 24.1. The minimum Gasteiger partial charge on any atom is -0.322 e. The standard InChI is InChI=1S/C17H24F2N2/c18-14-7-6-13(12-15(14)19)16(20)17(8-2-3-9-17)21-10-4-1-5-11-21/h6-7,12,16H,1-5,8-11,20H2. The van der Waals surface area contributed by atoms with E-state index in [1.807, 2.05) is 0 Å². The fourth-order valence-electron chi connectivity index (χ4n) is 4.17. The first-order chi connectivity index (χ1) is 10.1. The number of hydrogen-bond donors (Lipinski definition) is 1. The number of likely N-dealkylation sites (tertiary alicyclic amines) is 1. The molecule has 1 unspecified atom stereocenters. The van der Waals surface area contributed by atoms with E-state index in [1.54, 1.807) is 6.07 Å². The molecule has 1 aromatic carbocycles. The molecule has 21 heavy (non-hydrogen) atoms. The molecule has 116 valence electrons. The Labute approximate surface area is 125 Å². The van der Waals surface area contributed by atoms with Gasteiger partial charge in [0.25, 0.3) is 0 Å². The van der Waals surface area contributed by atoms with Crippen LogP contribution in [-0.2, 0) is 0 Å². The molecule has 1 aliphatic carbocycles. The topological polar surface area (TPSA) is 29.3 Å². The maximum Gasteiger partial charge on any atom is 0.159 e. The van der Waals surface area contributed by atoms with Gasteiger partial charge >= 0.3 is 0 Å². The highest BCUT2D eigenvalue weighted by atomic mass is 19.2. The van der Waals surface area contributed by atoms with Gasteiger partial charge in [0.1, 0.15) is 0 Å². The van der Waals surface area contributed by atoms with E-state index in [1.165, 1.54) is 44.2 Å². The molecule has 2 N–H and O–H groups in total. The lowest BCUT2D eigenvalue weighted by atomic mass is 9.81. The van der Waals surface area contributed by atoms with E-state index in [0.717, 1.165) is 31.5 Å². The Balaban J connectivity index is 1.90. The summed E-state index contributed by atoms with van der Waals surface area (Å²) in [4.78, 5) is 2.52. The van der Waals surface area contributed by atoms with Crippen LogP contribution in [0.4, 0.5) is 8.78 Å². The van der Waals surface area contributed by atoms with Crippen LogP contribution in [0, 0.1) is 11.6 Å². The minimum atomic E-state index is -0.801. The SMILES string of the molecule is NC(c1ccc(F)c(F)c1)C1(N2CCCCC2)CCCC1. The zero-order chi connectivity index (χ0) is 14.9. The molecule has 0 radical (unpaired) electrons. The summed E-state index contributed by atoms with van der Waals surface area (Å²) in [5, 5.41) is 0. The van der Waals surface area contributed by atoms with E-state index in [-0.39, 0.29) is 11.6 Å². The lowest BCUT2D eigenvalue weighted by Gasteiger charge is -2.47. The Morgan fingerprint density at radius 2 is 1.62 bits per heavy atom. The van der Waals surface area contributed by atoms with E-state index in [0.29, 0.717) is 0 Å². The first-order valence-corrected chi connectivity index (χ1v) is 8.09. The lowest BCUT2D eigenvalue weighted by Crippen LogP contribution is -2.55. The molecule has 0 spiro atoms. The van der Waals surface area contributed by atoms with Crippen molar-refractivity contribution in [2.75, 3.05) is 13.1 Å². The van der Waals surface area contributed by atoms with Crippen molar-refractivity contribution in [3.63, 3.8) is 0 Å². The van der Waals surface area contributed by atoms with Crippen LogP contribution in [0.25, 0.3) is 0 Å². The second kappa shape index (κ2) is 6.01. The van der Waals surface area contributed by atoms with Gasteiger partial charge in [0, 0.05) is 11.6 Å². The molecule has 1 aliphatic heterocycles. The minimum absolute atomic E-state index is 0.0648. The molecular weight excluding hydrogens is 270 g/mol. The van der Waals surface area contributed by atoms with Crippen LogP contribution in [0.15, 0.2) is 18.2 Å². The van der Waals surface area contributed by atoms with E-state index in [9.17, 15) is 8.78 Å². The van der Waals surface area contributed by atoms with Gasteiger partial charge in [0.05, 0.1) is 0 Å². The molecule has 2 nitrogen and oxygen atoms in total. The van der Waals surface area contributed by atoms with E-state index < -0.39 is 11.6 Å². The number of halogens is 2. The summed E-state index contributed by atoms with van der Waals surface area (Å²) in [6.45, 7) is 2.16. The van der Waals surface area contributed by atoms with Crippen LogP contribution in [0.1, 0.15) is 56.6 Å². The molecule has 0 aromatic heterocycles. The Morgan fingerprint density at radius 1 is 0.952 bits per heavy atom. The van der Waals surface area contributed by atoms with Crippen molar-refractivity contribution < 1.29 is 8.78 Å². The van der Waals surface area contributed by atoms with E-state index >= 15 is 0 Å². The third kappa shape index (κ3) is 2.71. The van der Waals surface area contributed by atoms with Crippen molar-refractivity contribution in [3.05, 3.63) is 35.4 Å². The molecule has 4 heteroatoms. The number of piperidine rings is 1. The van der Waals surface area contributed by atoms with Crippen LogP contribution in [-0.4, -0.2) is 23.5 Å². The highest BCUT2D eigenvalue weighted by molar-refractivity contribution is 5.25. The van der Waals surface area contributed by atoms with Gasteiger partial charge < -0.3 is 5.73 Å². The maximum absolute atomic E-state index is 13.5. The van der Waals surface area contributed by atoms with Gasteiger partial charge in [0.15, 0.2) is 11.6 Å². The quantitative estimate of drug-likeness (QED) is 0.919. The second-order valence-corrected chi connectivity index (χ2v) is 6.51. The van der Waals surface area contributed by atoms with Crippen LogP contribution >= 0.6 is 0 Å². The molecule has 2 fully saturated rings. The lowest BCUT2D eigenvalue weighted by molar-refractivity contribution is 0.0477. The number of benzene rings is 1. The molecule has 1 atom stereocenters. The molecular formula is C17H24F2N2. The summed E-state index contributed by atoms with van der Waals surface area (Å²) < 4.78 is 26.7. The highest BCUT2D eigenvalue weighted by Gasteiger charge is 2.45. The number of hydrogen-bond acceptors (Lipinski definition) is 2. The molecule has 2 aliphatic rings. The summed E-state index contributed by atoms with van der Waals surface area (Å²) in [5.74, 6) is -1.60. The molecule has 3 rings (SSSR count). The Kier molecular flexibility index (Phi) is 4.27. The fourth-order valence-corrected chi connectivity index (χ4v) is 4.17. The van der Waals surface area contributed by atoms with E-state index in [4.69, 9.17) is 5.73 Å². The Bertz CT molecular complexity index is 492. The van der Waals surface area contributed by atoms with Crippen molar-refractivity contribution in [2.45, 2.75) is 56.5 Å². The van der Waals surface area contributed by atoms with E-state index in [2.05, 4.69) is 4.90 Å². The second-order valence-electron chi connectivity index (χ2n) is 6.51. The maximum atomic E-state index is 13.5. The zero-order valence-corrected chi connectivity index (χ0v) is 12.5. The van der Waals surface area contributed by atoms with Crippen LogP contribution in [0.2, 0.25) is 0 Å². The summed E-state index contributed by atoms with van der Waals surface area (Å²) in [7, 11) is 0. The Hall–Kier alpha value is -1.00. The molecule has 1 heterocycles. The summed E-state index contributed by atoms with van der Waals surface area (Å²) in [5.41, 5.74) is 7.21. The van der Waals surface area contributed by atoms with Crippen molar-refractivity contribution in [1.82, 2.24) is 4.90 Å². The largest absolute Gasteiger partial charge is 0.322 e. The summed E-state index contributed by atoms with van der Waals surface area (Å²) in [6, 6.07) is 3.88. The van der Waals surface area contributed by atoms with Gasteiger partial charge in [-0.05, 0) is 56.5 Å². The molecule has 0 amide bonds. The summed E-state index contributed by atoms with van der Waals surface area (Å²) >= 11 is 0. The fraction of sp³-hybridized carbons (Fsp3) is 0.647. The molecule has 1 saturated heterocycles. The molecule has 1 aromatic rings. The van der Waals surface area contributed by atoms with Gasteiger partial charge in [-0.3, -0.25) is 4.90 Å². The molecule has 1 saturated carbocycles. The third-order valence-corrected chi connectivity index (χ3v) is 5.34. The Morgan fingerprint density at radius 3 is 2.24 bits per heavy atom. The van der Waals surface area contributed by atoms with Gasteiger partial charge in [-0.25, -0.2) is 8.78 Å². The monoisotopic (exact) mass is 294 g/mol. The number of rotatable bonds is 3. The predicted octanol–water partition coefficient (Wildman–Crippen LogP) is 3.76. The van der Waals surface area contributed by atoms with Crippen LogP contribution in [0.5, 0.6) is 0 Å².